The second kappa shape index (κ2) is 14.6. The fourth-order valence-corrected chi connectivity index (χ4v) is 4.90. The highest BCUT2D eigenvalue weighted by atomic mass is 16.5. The van der Waals surface area contributed by atoms with Gasteiger partial charge in [-0.2, -0.15) is 5.26 Å². The predicted octanol–water partition coefficient (Wildman–Crippen LogP) is 8.12. The molecular weight excluding hydrogens is 418 g/mol. The Morgan fingerprint density at radius 3 is 2.24 bits per heavy atom. The maximum atomic E-state index is 12.9. The normalized spacial score (nSPS) is 14.0. The molecule has 1 aliphatic rings. The number of esters is 1. The molecule has 1 aliphatic carbocycles. The number of carbonyl (C=O) groups is 1. The van der Waals surface area contributed by atoms with Crippen LogP contribution in [0.5, 0.6) is 5.75 Å². The first-order valence-electron chi connectivity index (χ1n) is 13.5. The van der Waals surface area contributed by atoms with Crippen molar-refractivity contribution >= 4 is 5.97 Å². The van der Waals surface area contributed by atoms with Crippen molar-refractivity contribution in [1.29, 1.82) is 5.26 Å². The van der Waals surface area contributed by atoms with E-state index in [0.717, 1.165) is 56.3 Å². The minimum absolute atomic E-state index is 0.0481. The van der Waals surface area contributed by atoms with Crippen molar-refractivity contribution in [3.8, 4) is 11.8 Å². The van der Waals surface area contributed by atoms with Crippen LogP contribution in [0.4, 0.5) is 0 Å². The summed E-state index contributed by atoms with van der Waals surface area (Å²) in [6, 6.07) is 16.4. The molecule has 2 aromatic rings. The molecule has 1 fully saturated rings. The van der Waals surface area contributed by atoms with Gasteiger partial charge in [-0.05, 0) is 73.4 Å². The third-order valence-corrected chi connectivity index (χ3v) is 7.12. The second-order valence-corrected chi connectivity index (χ2v) is 9.88. The highest BCUT2D eigenvalue weighted by Crippen LogP contribution is 2.29. The summed E-state index contributed by atoms with van der Waals surface area (Å²) in [6.45, 7) is 2.26. The number of ether oxygens (including phenoxy) is 1. The van der Waals surface area contributed by atoms with Crippen molar-refractivity contribution in [2.45, 2.75) is 103 Å². The quantitative estimate of drug-likeness (QED) is 0.173. The average molecular weight is 460 g/mol. The molecule has 0 heterocycles. The fourth-order valence-electron chi connectivity index (χ4n) is 4.90. The summed E-state index contributed by atoms with van der Waals surface area (Å²) >= 11 is 0. The van der Waals surface area contributed by atoms with Crippen LogP contribution in [0.1, 0.15) is 106 Å². The van der Waals surface area contributed by atoms with Crippen LogP contribution < -0.4 is 4.74 Å². The maximum absolute atomic E-state index is 12.9. The lowest BCUT2D eigenvalue weighted by atomic mass is 9.89. The van der Waals surface area contributed by atoms with Crippen molar-refractivity contribution in [1.82, 2.24) is 0 Å². The molecular formula is C31H41NO2. The SMILES string of the molecule is CCCCCCCCCc1ccc(CCc2ccc(C#N)cc2)c(OC(=O)C2CCCCC2)c1. The monoisotopic (exact) mass is 459 g/mol. The molecule has 0 amide bonds. The number of unbranched alkanes of at least 4 members (excludes halogenated alkanes) is 6. The molecule has 0 N–H and O–H groups in total. The van der Waals surface area contributed by atoms with E-state index in [-0.39, 0.29) is 11.9 Å². The van der Waals surface area contributed by atoms with Gasteiger partial charge in [0.1, 0.15) is 5.75 Å². The molecule has 0 aromatic heterocycles. The Balaban J connectivity index is 1.62. The van der Waals surface area contributed by atoms with Crippen molar-refractivity contribution in [2.75, 3.05) is 0 Å². The minimum atomic E-state index is -0.0487. The number of hydrogen-bond donors (Lipinski definition) is 0. The lowest BCUT2D eigenvalue weighted by molar-refractivity contribution is -0.140. The topological polar surface area (TPSA) is 50.1 Å². The van der Waals surface area contributed by atoms with E-state index in [1.54, 1.807) is 0 Å². The van der Waals surface area contributed by atoms with E-state index < -0.39 is 0 Å². The van der Waals surface area contributed by atoms with E-state index in [1.165, 1.54) is 62.5 Å². The van der Waals surface area contributed by atoms with Crippen molar-refractivity contribution in [3.63, 3.8) is 0 Å². The van der Waals surface area contributed by atoms with Crippen LogP contribution in [0.25, 0.3) is 0 Å². The molecule has 0 radical (unpaired) electrons. The van der Waals surface area contributed by atoms with Gasteiger partial charge in [-0.3, -0.25) is 4.79 Å². The average Bonchev–Trinajstić information content (AvgIpc) is 2.88. The maximum Gasteiger partial charge on any atom is 0.314 e. The molecule has 0 aliphatic heterocycles. The first kappa shape index (κ1) is 26.0. The Morgan fingerprint density at radius 1 is 0.853 bits per heavy atom. The van der Waals surface area contributed by atoms with Gasteiger partial charge >= 0.3 is 5.97 Å². The molecule has 3 nitrogen and oxygen atoms in total. The van der Waals surface area contributed by atoms with Crippen LogP contribution in [-0.4, -0.2) is 5.97 Å². The number of aryl methyl sites for hydroxylation is 3. The third kappa shape index (κ3) is 8.64. The lowest BCUT2D eigenvalue weighted by Crippen LogP contribution is -2.23. The molecule has 3 heteroatoms. The van der Waals surface area contributed by atoms with Gasteiger partial charge in [0, 0.05) is 0 Å². The van der Waals surface area contributed by atoms with Crippen molar-refractivity contribution < 1.29 is 9.53 Å². The first-order valence-corrected chi connectivity index (χ1v) is 13.5. The number of benzene rings is 2. The molecule has 2 aromatic carbocycles. The van der Waals surface area contributed by atoms with Gasteiger partial charge in [-0.15, -0.1) is 0 Å². The van der Waals surface area contributed by atoms with E-state index in [9.17, 15) is 4.79 Å². The summed E-state index contributed by atoms with van der Waals surface area (Å²) in [5.41, 5.74) is 4.23. The molecule has 0 spiro atoms. The molecule has 0 atom stereocenters. The Morgan fingerprint density at radius 2 is 1.53 bits per heavy atom. The summed E-state index contributed by atoms with van der Waals surface area (Å²) < 4.78 is 6.04. The number of carbonyl (C=O) groups excluding carboxylic acids is 1. The summed E-state index contributed by atoms with van der Waals surface area (Å²) in [5.74, 6) is 0.754. The zero-order valence-electron chi connectivity index (χ0n) is 21.0. The standard InChI is InChI=1S/C31H41NO2/c1-2-3-4-5-6-7-9-12-26-20-22-28(21-19-25-15-17-27(24-32)18-16-25)30(23-26)34-31(33)29-13-10-8-11-14-29/h15-18,20,22-23,29H,2-14,19,21H2,1H3. The fraction of sp³-hybridized carbons (Fsp3) is 0.548. The lowest BCUT2D eigenvalue weighted by Gasteiger charge is -2.21. The van der Waals surface area contributed by atoms with Crippen LogP contribution in [0.2, 0.25) is 0 Å². The van der Waals surface area contributed by atoms with Gasteiger partial charge in [0.05, 0.1) is 17.6 Å². The molecule has 0 saturated heterocycles. The van der Waals surface area contributed by atoms with Crippen LogP contribution >= 0.6 is 0 Å². The predicted molar refractivity (Wildman–Crippen MR) is 139 cm³/mol. The van der Waals surface area contributed by atoms with E-state index in [0.29, 0.717) is 5.56 Å². The summed E-state index contributed by atoms with van der Waals surface area (Å²) in [6.07, 6.45) is 17.2. The molecule has 0 unspecified atom stereocenters. The van der Waals surface area contributed by atoms with E-state index >= 15 is 0 Å². The summed E-state index contributed by atoms with van der Waals surface area (Å²) in [5, 5.41) is 9.02. The van der Waals surface area contributed by atoms with Crippen molar-refractivity contribution in [2.24, 2.45) is 5.92 Å². The van der Waals surface area contributed by atoms with Gasteiger partial charge in [0.25, 0.3) is 0 Å². The Hall–Kier alpha value is -2.60. The number of hydrogen-bond acceptors (Lipinski definition) is 3. The van der Waals surface area contributed by atoms with Gasteiger partial charge < -0.3 is 4.74 Å². The van der Waals surface area contributed by atoms with Crippen LogP contribution in [0.15, 0.2) is 42.5 Å². The Labute approximate surface area is 206 Å². The molecule has 182 valence electrons. The first-order chi connectivity index (χ1) is 16.7. The highest BCUT2D eigenvalue weighted by molar-refractivity contribution is 5.75. The summed E-state index contributed by atoms with van der Waals surface area (Å²) in [4.78, 5) is 12.9. The Kier molecular flexibility index (Phi) is 11.2. The second-order valence-electron chi connectivity index (χ2n) is 9.88. The van der Waals surface area contributed by atoms with Gasteiger partial charge in [0.2, 0.25) is 0 Å². The number of rotatable bonds is 13. The zero-order chi connectivity index (χ0) is 24.0. The van der Waals surface area contributed by atoms with Crippen LogP contribution in [0.3, 0.4) is 0 Å². The zero-order valence-corrected chi connectivity index (χ0v) is 21.0. The van der Waals surface area contributed by atoms with E-state index in [4.69, 9.17) is 10.00 Å². The minimum Gasteiger partial charge on any atom is -0.426 e. The van der Waals surface area contributed by atoms with E-state index in [1.807, 2.05) is 24.3 Å². The largest absolute Gasteiger partial charge is 0.426 e. The number of nitriles is 1. The van der Waals surface area contributed by atoms with Crippen LogP contribution in [-0.2, 0) is 24.1 Å². The number of nitrogens with zero attached hydrogens (tertiary/aromatic N) is 1. The molecule has 34 heavy (non-hydrogen) atoms. The molecule has 3 rings (SSSR count). The van der Waals surface area contributed by atoms with Gasteiger partial charge in [-0.1, -0.05) is 89.0 Å². The van der Waals surface area contributed by atoms with Crippen LogP contribution in [0, 0.1) is 17.2 Å². The van der Waals surface area contributed by atoms with Crippen molar-refractivity contribution in [3.05, 3.63) is 64.7 Å². The highest BCUT2D eigenvalue weighted by Gasteiger charge is 2.24. The molecule has 1 saturated carbocycles. The van der Waals surface area contributed by atoms with E-state index in [2.05, 4.69) is 31.2 Å². The Bertz CT molecular complexity index is 919. The summed E-state index contributed by atoms with van der Waals surface area (Å²) in [7, 11) is 0. The van der Waals surface area contributed by atoms with Gasteiger partial charge in [0.15, 0.2) is 0 Å². The third-order valence-electron chi connectivity index (χ3n) is 7.12. The smallest absolute Gasteiger partial charge is 0.314 e. The molecule has 0 bridgehead atoms. The van der Waals surface area contributed by atoms with Gasteiger partial charge in [-0.25, -0.2) is 0 Å².